The molecule has 0 saturated heterocycles. The van der Waals surface area contributed by atoms with Crippen LogP contribution in [0.15, 0.2) is 24.3 Å². The molecule has 9 heteroatoms. The van der Waals surface area contributed by atoms with E-state index in [2.05, 4.69) is 18.1 Å². The first-order valence-electron chi connectivity index (χ1n) is 3.96. The van der Waals surface area contributed by atoms with Crippen LogP contribution < -0.4 is 29.6 Å². The van der Waals surface area contributed by atoms with E-state index in [0.717, 1.165) is 5.56 Å². The van der Waals surface area contributed by atoms with Gasteiger partial charge in [-0.15, -0.1) is 0 Å². The first-order chi connectivity index (χ1) is 7.24. The molecule has 0 aromatic heterocycles. The Morgan fingerprint density at radius 3 is 1.94 bits per heavy atom. The maximum absolute atomic E-state index is 10.2. The molecule has 90 valence electrons. The summed E-state index contributed by atoms with van der Waals surface area (Å²) in [5.74, 6) is 0. The molecule has 0 amide bonds. The smallest absolute Gasteiger partial charge is 0.339 e. The van der Waals surface area contributed by atoms with Gasteiger partial charge in [-0.2, -0.15) is 10.6 Å². The van der Waals surface area contributed by atoms with Crippen LogP contribution in [-0.4, -0.2) is 18.2 Å². The molecule has 0 atom stereocenters. The van der Waals surface area contributed by atoms with Crippen molar-refractivity contribution in [2.45, 2.75) is 6.42 Å². The van der Waals surface area contributed by atoms with Crippen molar-refractivity contribution in [1.82, 2.24) is 0 Å². The summed E-state index contributed by atoms with van der Waals surface area (Å²) in [5, 5.41) is 10.2. The van der Waals surface area contributed by atoms with Gasteiger partial charge in [-0.3, -0.25) is 19.2 Å². The molecule has 0 unspecified atom stereocenters. The largest absolute Gasteiger partial charge is 1.00 e. The fourth-order valence-corrected chi connectivity index (χ4v) is 0.784. The van der Waals surface area contributed by atoms with Crippen molar-refractivity contribution < 1.29 is 47.8 Å². The summed E-state index contributed by atoms with van der Waals surface area (Å²) >= 11 is 3.47. The van der Waals surface area contributed by atoms with E-state index in [-0.39, 0.29) is 35.2 Å². The summed E-state index contributed by atoms with van der Waals surface area (Å²) < 4.78 is 24.0. The number of non-ortho nitro benzene ring substituents is 1. The number of nitro groups is 1. The van der Waals surface area contributed by atoms with Crippen molar-refractivity contribution in [2.75, 3.05) is 0 Å². The Morgan fingerprint density at radius 1 is 1.35 bits per heavy atom. The van der Waals surface area contributed by atoms with E-state index in [4.69, 9.17) is 13.3 Å². The average Bonchev–Trinajstić information content (AvgIpc) is 2.15. The van der Waals surface area contributed by atoms with E-state index < -0.39 is 14.0 Å². The molecule has 0 heterocycles. The van der Waals surface area contributed by atoms with Crippen molar-refractivity contribution in [3.05, 3.63) is 46.9 Å². The summed E-state index contributed by atoms with van der Waals surface area (Å²) in [6, 6.07) is 6.40. The van der Waals surface area contributed by atoms with Crippen LogP contribution in [0.25, 0.3) is 0 Å². The molecule has 0 aliphatic heterocycles. The van der Waals surface area contributed by atoms with Gasteiger partial charge in [-0.1, -0.05) is 17.7 Å². The average molecular weight is 287 g/mol. The van der Waals surface area contributed by atoms with E-state index in [1.165, 1.54) is 12.1 Å². The van der Waals surface area contributed by atoms with Gasteiger partial charge in [0.2, 0.25) is 0 Å². The molecule has 17 heavy (non-hydrogen) atoms. The van der Waals surface area contributed by atoms with E-state index >= 15 is 0 Å². The number of hydrogen-bond donors (Lipinski definition) is 2. The van der Waals surface area contributed by atoms with Gasteiger partial charge in [-0.25, -0.2) is 0 Å². The second kappa shape index (κ2) is 8.92. The molecule has 0 radical (unpaired) electrons. The van der Waals surface area contributed by atoms with E-state index in [9.17, 15) is 10.1 Å². The predicted molar refractivity (Wildman–Crippen MR) is 62.9 cm³/mol. The molecule has 1 rings (SSSR count). The third kappa shape index (κ3) is 12.2. The monoisotopic (exact) mass is 287 g/mol. The molecule has 1 aromatic rings. The van der Waals surface area contributed by atoms with Crippen molar-refractivity contribution >= 4 is 25.9 Å². The van der Waals surface area contributed by atoms with Crippen LogP contribution in [0.3, 0.4) is 0 Å². The van der Waals surface area contributed by atoms with Crippen LogP contribution in [0.4, 0.5) is 5.69 Å². The molecule has 2 N–H and O–H groups in total. The van der Waals surface area contributed by atoms with Gasteiger partial charge in [0.1, 0.15) is 0 Å². The summed E-state index contributed by atoms with van der Waals surface area (Å²) in [4.78, 5) is 9.78. The second-order valence-electron chi connectivity index (χ2n) is 2.62. The van der Waals surface area contributed by atoms with Crippen LogP contribution >= 0.6 is 0 Å². The third-order valence-electron chi connectivity index (χ3n) is 1.44. The molecule has 6 nitrogen and oxygen atoms in total. The molecule has 0 spiro atoms. The number of rotatable bonds is 2. The Morgan fingerprint density at radius 2 is 1.71 bits per heavy atom. The summed E-state index contributed by atoms with van der Waals surface area (Å²) in [6.45, 7) is 3.66. The van der Waals surface area contributed by atoms with Crippen molar-refractivity contribution in [2.24, 2.45) is 0 Å². The minimum atomic E-state index is -3.83. The molecule has 0 saturated carbocycles. The molecule has 1 aromatic carbocycles. The SMILES string of the molecule is O=S(O)(O)=S.[CH2-]Cc1ccc([N+](=O)[O-])cc1.[Na+]. The number of benzene rings is 1. The summed E-state index contributed by atoms with van der Waals surface area (Å²) in [6.07, 6.45) is 0.665. The zero-order chi connectivity index (χ0) is 12.8. The number of hydrogen-bond acceptors (Lipinski definition) is 4. The Hall–Kier alpha value is -0.0900. The Bertz CT molecular complexity index is 437. The van der Waals surface area contributed by atoms with E-state index in [0.29, 0.717) is 6.42 Å². The zero-order valence-electron chi connectivity index (χ0n) is 9.11. The van der Waals surface area contributed by atoms with Gasteiger partial charge in [0.05, 0.1) is 4.92 Å². The van der Waals surface area contributed by atoms with Crippen LogP contribution in [0, 0.1) is 17.0 Å². The van der Waals surface area contributed by atoms with Gasteiger partial charge < -0.3 is 6.92 Å². The van der Waals surface area contributed by atoms with Crippen LogP contribution in [0.5, 0.6) is 0 Å². The fraction of sp³-hybridized carbons (Fsp3) is 0.125. The van der Waals surface area contributed by atoms with E-state index in [1.807, 2.05) is 0 Å². The molecule has 0 fully saturated rings. The predicted octanol–water partition coefficient (Wildman–Crippen LogP) is -1.35. The molecule has 0 aliphatic carbocycles. The normalized spacial score (nSPS) is 9.59. The van der Waals surface area contributed by atoms with Crippen molar-refractivity contribution in [1.29, 1.82) is 0 Å². The van der Waals surface area contributed by atoms with Gasteiger partial charge >= 0.3 is 29.6 Å². The fourth-order valence-electron chi connectivity index (χ4n) is 0.784. The topological polar surface area (TPSA) is 101 Å². The Balaban J connectivity index is 0. The van der Waals surface area contributed by atoms with Crippen molar-refractivity contribution in [3.63, 3.8) is 0 Å². The van der Waals surface area contributed by atoms with Crippen molar-refractivity contribution in [3.8, 4) is 0 Å². The van der Waals surface area contributed by atoms with Gasteiger partial charge in [0, 0.05) is 23.3 Å². The second-order valence-corrected chi connectivity index (χ2v) is 4.82. The molecular weight excluding hydrogens is 277 g/mol. The maximum Gasteiger partial charge on any atom is 1.00 e. The maximum atomic E-state index is 10.2. The van der Waals surface area contributed by atoms with E-state index in [1.54, 1.807) is 12.1 Å². The summed E-state index contributed by atoms with van der Waals surface area (Å²) in [7, 11) is -3.83. The third-order valence-corrected chi connectivity index (χ3v) is 1.44. The quantitative estimate of drug-likeness (QED) is 0.302. The molecule has 0 aliphatic rings. The first-order valence-corrected chi connectivity index (χ1v) is 6.36. The van der Waals surface area contributed by atoms with Crippen LogP contribution in [0.1, 0.15) is 5.56 Å². The van der Waals surface area contributed by atoms with Gasteiger partial charge in [0.15, 0.2) is 0 Å². The molecule has 0 bridgehead atoms. The minimum absolute atomic E-state index is 0. The standard InChI is InChI=1S/C8H8NO2.Na.H2O3S2/c1-2-7-3-5-8(6-4-7)9(10)11;;1-5(2,3)4/h3-6H,1-2H2;;(H2,1,2,3,4)/q-1;+1;. The zero-order valence-corrected chi connectivity index (χ0v) is 12.7. The minimum Gasteiger partial charge on any atom is -0.339 e. The van der Waals surface area contributed by atoms with Crippen LogP contribution in [0.2, 0.25) is 0 Å². The Labute approximate surface area is 126 Å². The number of nitrogens with zero attached hydrogens (tertiary/aromatic N) is 1. The summed E-state index contributed by atoms with van der Waals surface area (Å²) in [5.41, 5.74) is 1.14. The first kappa shape index (κ1) is 19.3. The van der Waals surface area contributed by atoms with Gasteiger partial charge in [-0.05, 0) is 0 Å². The van der Waals surface area contributed by atoms with Crippen LogP contribution in [-0.2, 0) is 26.7 Å². The molecular formula is C8H10NNaO5S2. The number of nitro benzene ring substituents is 1. The Kier molecular flexibility index (Phi) is 10.1. The van der Waals surface area contributed by atoms with Gasteiger partial charge in [0.25, 0.3) is 14.7 Å².